The summed E-state index contributed by atoms with van der Waals surface area (Å²) < 4.78 is 0.960. The molecule has 4 nitrogen and oxygen atoms in total. The van der Waals surface area contributed by atoms with Crippen molar-refractivity contribution in [3.63, 3.8) is 0 Å². The van der Waals surface area contributed by atoms with Crippen molar-refractivity contribution in [2.75, 3.05) is 11.9 Å². The number of carbonyl (C=O) groups is 1. The molecule has 0 saturated heterocycles. The highest BCUT2D eigenvalue weighted by Gasteiger charge is 2.13. The van der Waals surface area contributed by atoms with Crippen molar-refractivity contribution in [1.29, 1.82) is 0 Å². The van der Waals surface area contributed by atoms with Gasteiger partial charge in [0.15, 0.2) is 0 Å². The van der Waals surface area contributed by atoms with Crippen LogP contribution in [0.25, 0.3) is 0 Å². The molecule has 0 atom stereocenters. The van der Waals surface area contributed by atoms with Gasteiger partial charge >= 0.3 is 0 Å². The molecule has 0 radical (unpaired) electrons. The van der Waals surface area contributed by atoms with Crippen LogP contribution < -0.4 is 10.6 Å². The smallest absolute Gasteiger partial charge is 0.239 e. The summed E-state index contributed by atoms with van der Waals surface area (Å²) in [6.45, 7) is 8.06. The van der Waals surface area contributed by atoms with E-state index >= 15 is 0 Å². The molecule has 2 N–H and O–H groups in total. The monoisotopic (exact) mass is 299 g/mol. The molecule has 0 fully saturated rings. The van der Waals surface area contributed by atoms with Gasteiger partial charge < -0.3 is 10.6 Å². The van der Waals surface area contributed by atoms with Crippen molar-refractivity contribution >= 4 is 27.7 Å². The number of aryl methyl sites for hydroxylation is 1. The number of hydrogen-bond donors (Lipinski definition) is 2. The lowest BCUT2D eigenvalue weighted by molar-refractivity contribution is -0.120. The van der Waals surface area contributed by atoms with Crippen molar-refractivity contribution < 1.29 is 4.79 Å². The summed E-state index contributed by atoms with van der Waals surface area (Å²) in [6.07, 6.45) is 1.72. The quantitative estimate of drug-likeness (QED) is 0.901. The summed E-state index contributed by atoms with van der Waals surface area (Å²) >= 11 is 3.38. The predicted octanol–water partition coefficient (Wildman–Crippen LogP) is 2.48. The highest BCUT2D eigenvalue weighted by molar-refractivity contribution is 9.10. The second-order valence-electron chi connectivity index (χ2n) is 4.97. The summed E-state index contributed by atoms with van der Waals surface area (Å²) in [5, 5.41) is 5.87. The number of carbonyl (C=O) groups excluding carboxylic acids is 1. The average Bonchev–Trinajstić information content (AvgIpc) is 2.17. The summed E-state index contributed by atoms with van der Waals surface area (Å²) in [6, 6.07) is 1.90. The Morgan fingerprint density at radius 2 is 2.12 bits per heavy atom. The van der Waals surface area contributed by atoms with E-state index in [1.54, 1.807) is 6.20 Å². The molecule has 0 bridgehead atoms. The van der Waals surface area contributed by atoms with Crippen molar-refractivity contribution in [2.45, 2.75) is 33.2 Å². The zero-order valence-electron chi connectivity index (χ0n) is 10.6. The van der Waals surface area contributed by atoms with Gasteiger partial charge in [0.2, 0.25) is 5.91 Å². The fourth-order valence-electron chi connectivity index (χ4n) is 1.27. The number of amides is 1. The second-order valence-corrected chi connectivity index (χ2v) is 5.82. The van der Waals surface area contributed by atoms with Gasteiger partial charge in [0.1, 0.15) is 5.82 Å². The molecule has 0 aromatic carbocycles. The fraction of sp³-hybridized carbons (Fsp3) is 0.500. The van der Waals surface area contributed by atoms with Gasteiger partial charge in [-0.05, 0) is 55.3 Å². The van der Waals surface area contributed by atoms with E-state index in [4.69, 9.17) is 0 Å². The Bertz CT molecular complexity index is 413. The lowest BCUT2D eigenvalue weighted by Gasteiger charge is -2.20. The molecule has 1 rings (SSSR count). The fourth-order valence-corrected chi connectivity index (χ4v) is 1.49. The molecule has 0 aliphatic rings. The van der Waals surface area contributed by atoms with Crippen LogP contribution in [0.15, 0.2) is 16.7 Å². The van der Waals surface area contributed by atoms with Crippen molar-refractivity contribution in [3.05, 3.63) is 22.3 Å². The van der Waals surface area contributed by atoms with E-state index in [9.17, 15) is 4.79 Å². The van der Waals surface area contributed by atoms with E-state index in [2.05, 4.69) is 31.5 Å². The number of nitrogens with zero attached hydrogens (tertiary/aromatic N) is 1. The SMILES string of the molecule is Cc1cc(NCC(=O)NC(C)(C)C)ncc1Br. The Morgan fingerprint density at radius 1 is 1.47 bits per heavy atom. The molecule has 0 aliphatic heterocycles. The van der Waals surface area contributed by atoms with Crippen LogP contribution in [-0.2, 0) is 4.79 Å². The van der Waals surface area contributed by atoms with Gasteiger partial charge in [-0.1, -0.05) is 0 Å². The Morgan fingerprint density at radius 3 is 2.65 bits per heavy atom. The van der Waals surface area contributed by atoms with Gasteiger partial charge in [-0.2, -0.15) is 0 Å². The van der Waals surface area contributed by atoms with E-state index in [1.807, 2.05) is 33.8 Å². The van der Waals surface area contributed by atoms with E-state index < -0.39 is 0 Å². The molecule has 0 unspecified atom stereocenters. The normalized spacial score (nSPS) is 11.1. The Hall–Kier alpha value is -1.10. The topological polar surface area (TPSA) is 54.0 Å². The van der Waals surface area contributed by atoms with Crippen LogP contribution in [0.1, 0.15) is 26.3 Å². The lowest BCUT2D eigenvalue weighted by Crippen LogP contribution is -2.43. The predicted molar refractivity (Wildman–Crippen MR) is 73.1 cm³/mol. The van der Waals surface area contributed by atoms with Gasteiger partial charge in [-0.15, -0.1) is 0 Å². The number of rotatable bonds is 3. The minimum atomic E-state index is -0.207. The minimum Gasteiger partial charge on any atom is -0.361 e. The lowest BCUT2D eigenvalue weighted by atomic mass is 10.1. The number of hydrogen-bond acceptors (Lipinski definition) is 3. The number of anilines is 1. The Kier molecular flexibility index (Phi) is 4.51. The first-order valence-corrected chi connectivity index (χ1v) is 6.24. The van der Waals surface area contributed by atoms with E-state index in [1.165, 1.54) is 0 Å². The number of pyridine rings is 1. The van der Waals surface area contributed by atoms with Gasteiger partial charge in [0.05, 0.1) is 6.54 Å². The summed E-state index contributed by atoms with van der Waals surface area (Å²) in [4.78, 5) is 15.7. The van der Waals surface area contributed by atoms with E-state index in [-0.39, 0.29) is 18.0 Å². The van der Waals surface area contributed by atoms with Crippen LogP contribution in [0, 0.1) is 6.92 Å². The van der Waals surface area contributed by atoms with Crippen LogP contribution >= 0.6 is 15.9 Å². The zero-order valence-corrected chi connectivity index (χ0v) is 12.2. The largest absolute Gasteiger partial charge is 0.361 e. The molecule has 1 aromatic rings. The van der Waals surface area contributed by atoms with E-state index in [0.717, 1.165) is 10.0 Å². The van der Waals surface area contributed by atoms with Crippen LogP contribution in [0.5, 0.6) is 0 Å². The molecule has 1 amide bonds. The third kappa shape index (κ3) is 5.17. The maximum atomic E-state index is 11.6. The van der Waals surface area contributed by atoms with Crippen molar-refractivity contribution in [1.82, 2.24) is 10.3 Å². The molecule has 17 heavy (non-hydrogen) atoms. The van der Waals surface area contributed by atoms with Crippen LogP contribution in [0.2, 0.25) is 0 Å². The van der Waals surface area contributed by atoms with Gasteiger partial charge in [-0.3, -0.25) is 4.79 Å². The molecule has 0 aliphatic carbocycles. The maximum absolute atomic E-state index is 11.6. The van der Waals surface area contributed by atoms with Gasteiger partial charge in [0, 0.05) is 16.2 Å². The van der Waals surface area contributed by atoms with Crippen LogP contribution in [-0.4, -0.2) is 23.0 Å². The van der Waals surface area contributed by atoms with Crippen LogP contribution in [0.3, 0.4) is 0 Å². The summed E-state index contributed by atoms with van der Waals surface area (Å²) in [5.74, 6) is 0.662. The highest BCUT2D eigenvalue weighted by Crippen LogP contribution is 2.16. The average molecular weight is 300 g/mol. The Balaban J connectivity index is 2.50. The molecule has 0 spiro atoms. The molecule has 5 heteroatoms. The maximum Gasteiger partial charge on any atom is 0.239 e. The third-order valence-electron chi connectivity index (χ3n) is 1.99. The van der Waals surface area contributed by atoms with Gasteiger partial charge in [-0.25, -0.2) is 4.98 Å². The standard InChI is InChI=1S/C12H18BrN3O/c1-8-5-10(14-6-9(8)13)15-7-11(17)16-12(2,3)4/h5-6H,7H2,1-4H3,(H,14,15)(H,16,17). The zero-order chi connectivity index (χ0) is 13.1. The first kappa shape index (κ1) is 14.0. The summed E-state index contributed by atoms with van der Waals surface area (Å²) in [7, 11) is 0. The molecule has 1 aromatic heterocycles. The van der Waals surface area contributed by atoms with Crippen molar-refractivity contribution in [3.8, 4) is 0 Å². The van der Waals surface area contributed by atoms with Gasteiger partial charge in [0.25, 0.3) is 0 Å². The third-order valence-corrected chi connectivity index (χ3v) is 2.82. The first-order chi connectivity index (χ1) is 7.78. The highest BCUT2D eigenvalue weighted by atomic mass is 79.9. The Labute approximate surface area is 110 Å². The number of halogens is 1. The molecular weight excluding hydrogens is 282 g/mol. The molecular formula is C12H18BrN3O. The number of aromatic nitrogens is 1. The molecule has 1 heterocycles. The molecule has 0 saturated carbocycles. The summed E-state index contributed by atoms with van der Waals surface area (Å²) in [5.41, 5.74) is 0.876. The minimum absolute atomic E-state index is 0.0418. The van der Waals surface area contributed by atoms with Crippen LogP contribution in [0.4, 0.5) is 5.82 Å². The first-order valence-electron chi connectivity index (χ1n) is 5.45. The van der Waals surface area contributed by atoms with E-state index in [0.29, 0.717) is 5.82 Å². The second kappa shape index (κ2) is 5.49. The molecule has 94 valence electrons. The number of nitrogens with one attached hydrogen (secondary N) is 2. The van der Waals surface area contributed by atoms with Crippen molar-refractivity contribution in [2.24, 2.45) is 0 Å².